The van der Waals surface area contributed by atoms with Crippen LogP contribution in [0.1, 0.15) is 17.0 Å². The van der Waals surface area contributed by atoms with Gasteiger partial charge in [-0.2, -0.15) is 18.2 Å². The maximum absolute atomic E-state index is 12.5. The number of hydrogen-bond acceptors (Lipinski definition) is 5. The largest absolute Gasteiger partial charge is 0.497 e. The Hall–Kier alpha value is -3.16. The third-order valence-corrected chi connectivity index (χ3v) is 3.84. The maximum atomic E-state index is 12.5. The van der Waals surface area contributed by atoms with Crippen LogP contribution in [-0.4, -0.2) is 23.0 Å². The van der Waals surface area contributed by atoms with Crippen molar-refractivity contribution in [3.05, 3.63) is 65.5 Å². The van der Waals surface area contributed by atoms with E-state index in [2.05, 4.69) is 14.7 Å². The van der Waals surface area contributed by atoms with Crippen molar-refractivity contribution in [2.45, 2.75) is 19.0 Å². The van der Waals surface area contributed by atoms with E-state index in [1.807, 2.05) is 12.1 Å². The number of nitrogens with zero attached hydrogens (tertiary/aromatic N) is 2. The number of benzene rings is 2. The quantitative estimate of drug-likeness (QED) is 0.648. The van der Waals surface area contributed by atoms with Crippen LogP contribution in [0.3, 0.4) is 0 Å². The lowest BCUT2D eigenvalue weighted by molar-refractivity contribution is -0.159. The number of rotatable bonds is 6. The summed E-state index contributed by atoms with van der Waals surface area (Å²) in [6.07, 6.45) is -4.18. The SMILES string of the molecule is COc1ccc(CC(=O)Cc2ccc(-c3noc(C(F)(F)F)n3)cc2)cc1. The lowest BCUT2D eigenvalue weighted by atomic mass is 10.0. The van der Waals surface area contributed by atoms with Gasteiger partial charge < -0.3 is 9.26 Å². The van der Waals surface area contributed by atoms with Crippen molar-refractivity contribution in [1.29, 1.82) is 0 Å². The summed E-state index contributed by atoms with van der Waals surface area (Å²) in [5, 5.41) is 3.33. The van der Waals surface area contributed by atoms with Crippen molar-refractivity contribution in [3.8, 4) is 17.1 Å². The van der Waals surface area contributed by atoms with E-state index in [0.29, 0.717) is 5.56 Å². The average Bonchev–Trinajstić information content (AvgIpc) is 3.13. The standard InChI is InChI=1S/C19H15F3N2O3/c1-26-16-8-4-13(5-9-16)11-15(25)10-12-2-6-14(7-3-12)17-23-18(27-24-17)19(20,21)22/h2-9H,10-11H2,1H3. The Morgan fingerprint density at radius 1 is 1.00 bits per heavy atom. The zero-order chi connectivity index (χ0) is 19.4. The molecule has 3 rings (SSSR count). The molecule has 0 radical (unpaired) electrons. The van der Waals surface area contributed by atoms with Crippen LogP contribution in [0.5, 0.6) is 5.75 Å². The predicted octanol–water partition coefficient (Wildman–Crippen LogP) is 4.12. The summed E-state index contributed by atoms with van der Waals surface area (Å²) in [6.45, 7) is 0. The van der Waals surface area contributed by atoms with Gasteiger partial charge in [-0.15, -0.1) is 0 Å². The van der Waals surface area contributed by atoms with Crippen molar-refractivity contribution in [2.75, 3.05) is 7.11 Å². The van der Waals surface area contributed by atoms with Crippen LogP contribution in [0.15, 0.2) is 53.1 Å². The minimum atomic E-state index is -4.68. The van der Waals surface area contributed by atoms with E-state index in [-0.39, 0.29) is 24.4 Å². The summed E-state index contributed by atoms with van der Waals surface area (Å²) >= 11 is 0. The third kappa shape index (κ3) is 4.72. The van der Waals surface area contributed by atoms with Gasteiger partial charge in [0.15, 0.2) is 0 Å². The second-order valence-corrected chi connectivity index (χ2v) is 5.86. The minimum absolute atomic E-state index is 0.0202. The Labute approximate surface area is 152 Å². The van der Waals surface area contributed by atoms with Gasteiger partial charge in [-0.05, 0) is 23.3 Å². The molecule has 0 spiro atoms. The lowest BCUT2D eigenvalue weighted by Crippen LogP contribution is -2.06. The van der Waals surface area contributed by atoms with Gasteiger partial charge in [-0.1, -0.05) is 41.6 Å². The van der Waals surface area contributed by atoms with Gasteiger partial charge in [0.2, 0.25) is 5.82 Å². The highest BCUT2D eigenvalue weighted by molar-refractivity contribution is 5.83. The van der Waals surface area contributed by atoms with Gasteiger partial charge in [0.05, 0.1) is 7.11 Å². The van der Waals surface area contributed by atoms with Gasteiger partial charge >= 0.3 is 12.1 Å². The molecule has 0 atom stereocenters. The molecule has 0 aliphatic heterocycles. The molecule has 2 aromatic carbocycles. The fraction of sp³-hybridized carbons (Fsp3) is 0.211. The fourth-order valence-corrected chi connectivity index (χ4v) is 2.49. The number of alkyl halides is 3. The van der Waals surface area contributed by atoms with Crippen LogP contribution in [0.25, 0.3) is 11.4 Å². The third-order valence-electron chi connectivity index (χ3n) is 3.84. The van der Waals surface area contributed by atoms with E-state index in [9.17, 15) is 18.0 Å². The summed E-state index contributed by atoms with van der Waals surface area (Å²) in [6, 6.07) is 13.7. The normalized spacial score (nSPS) is 11.4. The molecule has 0 bridgehead atoms. The summed E-state index contributed by atoms with van der Waals surface area (Å²) in [7, 11) is 1.57. The van der Waals surface area contributed by atoms with Crippen LogP contribution >= 0.6 is 0 Å². The Bertz CT molecular complexity index is 917. The van der Waals surface area contributed by atoms with E-state index < -0.39 is 12.1 Å². The molecular formula is C19H15F3N2O3. The van der Waals surface area contributed by atoms with Crippen LogP contribution in [0, 0.1) is 0 Å². The highest BCUT2D eigenvalue weighted by atomic mass is 19.4. The lowest BCUT2D eigenvalue weighted by Gasteiger charge is -2.04. The summed E-state index contributed by atoms with van der Waals surface area (Å²) in [5.41, 5.74) is 2.00. The molecule has 0 unspecified atom stereocenters. The van der Waals surface area contributed by atoms with Crippen molar-refractivity contribution in [1.82, 2.24) is 10.1 Å². The molecule has 0 amide bonds. The molecule has 1 heterocycles. The molecule has 0 N–H and O–H groups in total. The van der Waals surface area contributed by atoms with Crippen molar-refractivity contribution in [2.24, 2.45) is 0 Å². The smallest absolute Gasteiger partial charge is 0.471 e. The molecule has 27 heavy (non-hydrogen) atoms. The number of carbonyl (C=O) groups is 1. The van der Waals surface area contributed by atoms with Crippen molar-refractivity contribution >= 4 is 5.78 Å². The summed E-state index contributed by atoms with van der Waals surface area (Å²) in [5.74, 6) is -0.807. The van der Waals surface area contributed by atoms with Crippen LogP contribution in [0.4, 0.5) is 13.2 Å². The zero-order valence-corrected chi connectivity index (χ0v) is 14.3. The fourth-order valence-electron chi connectivity index (χ4n) is 2.49. The topological polar surface area (TPSA) is 65.2 Å². The molecule has 3 aromatic rings. The van der Waals surface area contributed by atoms with Gasteiger partial charge in [-0.25, -0.2) is 0 Å². The minimum Gasteiger partial charge on any atom is -0.497 e. The van der Waals surface area contributed by atoms with E-state index >= 15 is 0 Å². The zero-order valence-electron chi connectivity index (χ0n) is 14.3. The molecule has 0 fully saturated rings. The molecule has 0 saturated carbocycles. The second kappa shape index (κ2) is 7.61. The number of methoxy groups -OCH3 is 1. The number of ketones is 1. The van der Waals surface area contributed by atoms with Crippen molar-refractivity contribution in [3.63, 3.8) is 0 Å². The Kier molecular flexibility index (Phi) is 5.25. The molecular weight excluding hydrogens is 361 g/mol. The van der Waals surface area contributed by atoms with E-state index in [4.69, 9.17) is 4.74 Å². The molecule has 0 saturated heterocycles. The average molecular weight is 376 g/mol. The molecule has 8 heteroatoms. The number of ether oxygens (including phenoxy) is 1. The highest BCUT2D eigenvalue weighted by Gasteiger charge is 2.38. The highest BCUT2D eigenvalue weighted by Crippen LogP contribution is 2.29. The van der Waals surface area contributed by atoms with Gasteiger partial charge in [-0.3, -0.25) is 4.79 Å². The van der Waals surface area contributed by atoms with E-state index in [1.165, 1.54) is 0 Å². The first-order chi connectivity index (χ1) is 12.8. The number of halogens is 3. The van der Waals surface area contributed by atoms with Gasteiger partial charge in [0.1, 0.15) is 11.5 Å². The van der Waals surface area contributed by atoms with Crippen molar-refractivity contribution < 1.29 is 27.2 Å². The molecule has 0 aliphatic rings. The molecule has 140 valence electrons. The van der Waals surface area contributed by atoms with Crippen LogP contribution < -0.4 is 4.74 Å². The van der Waals surface area contributed by atoms with Gasteiger partial charge in [0.25, 0.3) is 0 Å². The summed E-state index contributed by atoms with van der Waals surface area (Å²) < 4.78 is 46.8. The van der Waals surface area contributed by atoms with E-state index in [0.717, 1.165) is 16.9 Å². The Balaban J connectivity index is 1.63. The first-order valence-electron chi connectivity index (χ1n) is 8.00. The molecule has 1 aromatic heterocycles. The first-order valence-corrected chi connectivity index (χ1v) is 8.00. The molecule has 0 aliphatic carbocycles. The van der Waals surface area contributed by atoms with Crippen LogP contribution in [-0.2, 0) is 23.8 Å². The molecule has 5 nitrogen and oxygen atoms in total. The number of aromatic nitrogens is 2. The van der Waals surface area contributed by atoms with Crippen LogP contribution in [0.2, 0.25) is 0 Å². The predicted molar refractivity (Wildman–Crippen MR) is 90.1 cm³/mol. The van der Waals surface area contributed by atoms with Gasteiger partial charge in [0, 0.05) is 18.4 Å². The number of hydrogen-bond donors (Lipinski definition) is 0. The number of Topliss-reactive ketones (excluding diaryl/α,β-unsaturated/α-hetero) is 1. The maximum Gasteiger partial charge on any atom is 0.471 e. The Morgan fingerprint density at radius 3 is 2.04 bits per heavy atom. The second-order valence-electron chi connectivity index (χ2n) is 5.86. The summed E-state index contributed by atoms with van der Waals surface area (Å²) in [4.78, 5) is 15.5. The monoisotopic (exact) mass is 376 g/mol. The number of carbonyl (C=O) groups excluding carboxylic acids is 1. The van der Waals surface area contributed by atoms with E-state index in [1.54, 1.807) is 43.5 Å². The Morgan fingerprint density at radius 2 is 1.56 bits per heavy atom. The first kappa shape index (κ1) is 18.6.